The van der Waals surface area contributed by atoms with Crippen LogP contribution in [0.4, 0.5) is 0 Å². The van der Waals surface area contributed by atoms with Crippen LogP contribution >= 0.6 is 0 Å². The summed E-state index contributed by atoms with van der Waals surface area (Å²) in [6.07, 6.45) is 3.27. The molecular formula is C17H16N2O3. The van der Waals surface area contributed by atoms with Crippen LogP contribution < -0.4 is 0 Å². The molecule has 1 aromatic heterocycles. The molecule has 2 heterocycles. The van der Waals surface area contributed by atoms with E-state index in [9.17, 15) is 4.79 Å². The molecule has 5 nitrogen and oxygen atoms in total. The molecule has 1 aliphatic rings. The summed E-state index contributed by atoms with van der Waals surface area (Å²) in [5.74, 6) is -0.381. The fourth-order valence-electron chi connectivity index (χ4n) is 2.30. The predicted octanol–water partition coefficient (Wildman–Crippen LogP) is 2.80. The van der Waals surface area contributed by atoms with Crippen LogP contribution in [0.15, 0.2) is 53.9 Å². The Morgan fingerprint density at radius 2 is 2.00 bits per heavy atom. The van der Waals surface area contributed by atoms with Gasteiger partial charge in [0.2, 0.25) is 6.10 Å². The maximum absolute atomic E-state index is 11.7. The second-order valence-electron chi connectivity index (χ2n) is 4.92. The van der Waals surface area contributed by atoms with Crippen molar-refractivity contribution >= 4 is 11.7 Å². The number of aromatic nitrogens is 1. The summed E-state index contributed by atoms with van der Waals surface area (Å²) in [6.45, 7) is 2.10. The minimum atomic E-state index is -0.657. The molecule has 22 heavy (non-hydrogen) atoms. The Morgan fingerprint density at radius 1 is 1.23 bits per heavy atom. The number of oxime groups is 1. The highest BCUT2D eigenvalue weighted by Crippen LogP contribution is 2.22. The summed E-state index contributed by atoms with van der Waals surface area (Å²) in [7, 11) is 0. The number of pyridine rings is 1. The lowest BCUT2D eigenvalue weighted by Crippen LogP contribution is -2.23. The molecule has 0 amide bonds. The summed E-state index contributed by atoms with van der Waals surface area (Å²) in [4.78, 5) is 21.1. The van der Waals surface area contributed by atoms with Gasteiger partial charge in [-0.2, -0.15) is 0 Å². The molecule has 0 radical (unpaired) electrons. The van der Waals surface area contributed by atoms with Crippen molar-refractivity contribution in [1.29, 1.82) is 0 Å². The standard InChI is InChI=1S/C17H16N2O3/c1-2-21-17(20)16-9-15(19-22-16)14-8-13(10-18-11-14)12-6-4-3-5-7-12/h3-8,10-11,16H,2,9H2,1H3. The van der Waals surface area contributed by atoms with E-state index in [2.05, 4.69) is 10.1 Å². The number of nitrogens with zero attached hydrogens (tertiary/aromatic N) is 2. The van der Waals surface area contributed by atoms with E-state index < -0.39 is 6.10 Å². The van der Waals surface area contributed by atoms with Gasteiger partial charge in [-0.25, -0.2) is 4.79 Å². The Bertz CT molecular complexity index is 698. The second-order valence-corrected chi connectivity index (χ2v) is 4.92. The van der Waals surface area contributed by atoms with Crippen molar-refractivity contribution in [3.05, 3.63) is 54.4 Å². The monoisotopic (exact) mass is 296 g/mol. The van der Waals surface area contributed by atoms with Crippen molar-refractivity contribution in [3.8, 4) is 11.1 Å². The topological polar surface area (TPSA) is 60.8 Å². The van der Waals surface area contributed by atoms with Gasteiger partial charge in [0, 0.05) is 29.9 Å². The first-order valence-electron chi connectivity index (χ1n) is 7.18. The van der Waals surface area contributed by atoms with Crippen molar-refractivity contribution in [2.45, 2.75) is 19.4 Å². The quantitative estimate of drug-likeness (QED) is 0.814. The van der Waals surface area contributed by atoms with E-state index in [1.807, 2.05) is 36.4 Å². The van der Waals surface area contributed by atoms with Gasteiger partial charge in [0.25, 0.3) is 0 Å². The third-order valence-corrected chi connectivity index (χ3v) is 3.40. The van der Waals surface area contributed by atoms with Crippen molar-refractivity contribution in [2.75, 3.05) is 6.61 Å². The van der Waals surface area contributed by atoms with Crippen LogP contribution in [0.2, 0.25) is 0 Å². The lowest BCUT2D eigenvalue weighted by atomic mass is 10.0. The van der Waals surface area contributed by atoms with Gasteiger partial charge in [-0.15, -0.1) is 0 Å². The summed E-state index contributed by atoms with van der Waals surface area (Å²) >= 11 is 0. The minimum Gasteiger partial charge on any atom is -0.463 e. The van der Waals surface area contributed by atoms with E-state index in [1.54, 1.807) is 19.3 Å². The molecule has 0 spiro atoms. The molecule has 0 aliphatic carbocycles. The average Bonchev–Trinajstić information content (AvgIpc) is 3.06. The van der Waals surface area contributed by atoms with E-state index in [4.69, 9.17) is 9.57 Å². The number of ether oxygens (including phenoxy) is 1. The summed E-state index contributed by atoms with van der Waals surface area (Å²) in [6, 6.07) is 12.0. The first-order valence-corrected chi connectivity index (χ1v) is 7.18. The molecule has 0 bridgehead atoms. The number of hydrogen-bond donors (Lipinski definition) is 0. The SMILES string of the molecule is CCOC(=O)C1CC(c2cncc(-c3ccccc3)c2)=NO1. The zero-order valence-electron chi connectivity index (χ0n) is 12.2. The van der Waals surface area contributed by atoms with Crippen LogP contribution in [0.5, 0.6) is 0 Å². The van der Waals surface area contributed by atoms with Crippen LogP contribution in [0.25, 0.3) is 11.1 Å². The molecule has 1 aliphatic heterocycles. The Kier molecular flexibility index (Phi) is 4.14. The number of benzene rings is 1. The molecule has 0 saturated heterocycles. The van der Waals surface area contributed by atoms with Crippen LogP contribution in [-0.2, 0) is 14.4 Å². The third kappa shape index (κ3) is 2.98. The number of rotatable bonds is 4. The predicted molar refractivity (Wildman–Crippen MR) is 82.3 cm³/mol. The van der Waals surface area contributed by atoms with Crippen molar-refractivity contribution in [3.63, 3.8) is 0 Å². The molecule has 1 unspecified atom stereocenters. The zero-order valence-corrected chi connectivity index (χ0v) is 12.2. The maximum Gasteiger partial charge on any atom is 0.350 e. The van der Waals surface area contributed by atoms with Gasteiger partial charge < -0.3 is 9.57 Å². The molecule has 0 fully saturated rings. The molecule has 2 aromatic rings. The van der Waals surface area contributed by atoms with Crippen LogP contribution in [0, 0.1) is 0 Å². The number of hydrogen-bond acceptors (Lipinski definition) is 5. The van der Waals surface area contributed by atoms with E-state index in [0.29, 0.717) is 18.7 Å². The molecule has 112 valence electrons. The highest BCUT2D eigenvalue weighted by atomic mass is 16.7. The fraction of sp³-hybridized carbons (Fsp3) is 0.235. The molecule has 0 saturated carbocycles. The van der Waals surface area contributed by atoms with Crippen LogP contribution in [0.1, 0.15) is 18.9 Å². The fourth-order valence-corrected chi connectivity index (χ4v) is 2.30. The van der Waals surface area contributed by atoms with Crippen molar-refractivity contribution in [1.82, 2.24) is 4.98 Å². The zero-order chi connectivity index (χ0) is 15.4. The third-order valence-electron chi connectivity index (χ3n) is 3.40. The lowest BCUT2D eigenvalue weighted by molar-refractivity contribution is -0.154. The summed E-state index contributed by atoms with van der Waals surface area (Å²) < 4.78 is 4.95. The van der Waals surface area contributed by atoms with Gasteiger partial charge in [0.15, 0.2) is 0 Å². The highest BCUT2D eigenvalue weighted by molar-refractivity contribution is 6.04. The van der Waals surface area contributed by atoms with Crippen LogP contribution in [-0.4, -0.2) is 29.4 Å². The van der Waals surface area contributed by atoms with Gasteiger partial charge >= 0.3 is 5.97 Å². The van der Waals surface area contributed by atoms with Crippen molar-refractivity contribution in [2.24, 2.45) is 5.16 Å². The Labute approximate surface area is 128 Å². The molecule has 0 N–H and O–H groups in total. The van der Waals surface area contributed by atoms with Gasteiger partial charge in [0.05, 0.1) is 12.3 Å². The first-order chi connectivity index (χ1) is 10.8. The molecule has 5 heteroatoms. The Hall–Kier alpha value is -2.69. The minimum absolute atomic E-state index is 0.332. The van der Waals surface area contributed by atoms with Gasteiger partial charge in [0.1, 0.15) is 0 Å². The first kappa shape index (κ1) is 14.3. The van der Waals surface area contributed by atoms with Gasteiger partial charge in [-0.3, -0.25) is 4.98 Å². The number of esters is 1. The Balaban J connectivity index is 1.78. The maximum atomic E-state index is 11.7. The smallest absolute Gasteiger partial charge is 0.350 e. The van der Waals surface area contributed by atoms with Gasteiger partial charge in [-0.05, 0) is 18.6 Å². The number of carbonyl (C=O) groups excluding carboxylic acids is 1. The number of carbonyl (C=O) groups is 1. The summed E-state index contributed by atoms with van der Waals surface area (Å²) in [5.41, 5.74) is 3.65. The largest absolute Gasteiger partial charge is 0.463 e. The average molecular weight is 296 g/mol. The Morgan fingerprint density at radius 3 is 2.77 bits per heavy atom. The second kappa shape index (κ2) is 6.39. The van der Waals surface area contributed by atoms with E-state index in [0.717, 1.165) is 16.7 Å². The highest BCUT2D eigenvalue weighted by Gasteiger charge is 2.30. The molecule has 1 atom stereocenters. The molecular weight excluding hydrogens is 280 g/mol. The summed E-state index contributed by atoms with van der Waals surface area (Å²) in [5, 5.41) is 4.00. The van der Waals surface area contributed by atoms with Crippen LogP contribution in [0.3, 0.4) is 0 Å². The molecule has 1 aromatic carbocycles. The van der Waals surface area contributed by atoms with E-state index >= 15 is 0 Å². The molecule has 3 rings (SSSR count). The lowest BCUT2D eigenvalue weighted by Gasteiger charge is -2.06. The van der Waals surface area contributed by atoms with Crippen molar-refractivity contribution < 1.29 is 14.4 Å². The van der Waals surface area contributed by atoms with E-state index in [-0.39, 0.29) is 5.97 Å². The van der Waals surface area contributed by atoms with E-state index in [1.165, 1.54) is 0 Å². The normalized spacial score (nSPS) is 16.8. The van der Waals surface area contributed by atoms with Gasteiger partial charge in [-0.1, -0.05) is 35.5 Å².